The molecule has 0 aromatic carbocycles. The maximum atomic E-state index is 12.8. The Morgan fingerprint density at radius 3 is 0.919 bits per heavy atom. The van der Waals surface area contributed by atoms with Crippen LogP contribution in [0.4, 0.5) is 0 Å². The third kappa shape index (κ3) is 47.9. The van der Waals surface area contributed by atoms with Crippen molar-refractivity contribution in [1.29, 1.82) is 0 Å². The van der Waals surface area contributed by atoms with Gasteiger partial charge in [0.25, 0.3) is 0 Å². The Labute approximate surface area is 387 Å². The second kappa shape index (κ2) is 48.9. The first-order valence-electron chi connectivity index (χ1n) is 27.8. The van der Waals surface area contributed by atoms with E-state index in [1.54, 1.807) is 0 Å². The molecule has 0 N–H and O–H groups in total. The van der Waals surface area contributed by atoms with Gasteiger partial charge in [-0.2, -0.15) is 0 Å². The number of hydrogen-bond acceptors (Lipinski definition) is 6. The zero-order chi connectivity index (χ0) is 45.4. The van der Waals surface area contributed by atoms with Crippen LogP contribution in [0.15, 0.2) is 0 Å². The zero-order valence-corrected chi connectivity index (χ0v) is 42.5. The molecule has 0 saturated carbocycles. The summed E-state index contributed by atoms with van der Waals surface area (Å²) in [5, 5.41) is 0. The van der Waals surface area contributed by atoms with E-state index < -0.39 is 6.10 Å². The van der Waals surface area contributed by atoms with Crippen molar-refractivity contribution in [1.82, 2.24) is 0 Å². The fourth-order valence-corrected chi connectivity index (χ4v) is 8.49. The minimum Gasteiger partial charge on any atom is -0.462 e. The molecule has 1 unspecified atom stereocenters. The summed E-state index contributed by atoms with van der Waals surface area (Å²) in [6, 6.07) is 0. The quantitative estimate of drug-likeness (QED) is 0.0344. The number of hydrogen-bond donors (Lipinski definition) is 0. The van der Waals surface area contributed by atoms with Crippen LogP contribution in [0, 0.1) is 11.8 Å². The van der Waals surface area contributed by atoms with Crippen LogP contribution in [0.2, 0.25) is 0 Å². The van der Waals surface area contributed by atoms with Crippen LogP contribution in [0.5, 0.6) is 0 Å². The Balaban J connectivity index is 4.26. The van der Waals surface area contributed by atoms with Gasteiger partial charge in [0.1, 0.15) is 13.2 Å². The number of carbonyl (C=O) groups is 3. The van der Waals surface area contributed by atoms with Crippen LogP contribution in [0.25, 0.3) is 0 Å². The van der Waals surface area contributed by atoms with E-state index in [0.717, 1.165) is 69.6 Å². The van der Waals surface area contributed by atoms with Gasteiger partial charge in [0, 0.05) is 19.3 Å². The first-order chi connectivity index (χ1) is 30.3. The van der Waals surface area contributed by atoms with Gasteiger partial charge in [-0.25, -0.2) is 0 Å². The van der Waals surface area contributed by atoms with Crippen molar-refractivity contribution in [2.45, 2.75) is 317 Å². The van der Waals surface area contributed by atoms with Gasteiger partial charge in [0.15, 0.2) is 6.10 Å². The molecule has 0 spiro atoms. The fraction of sp³-hybridized carbons (Fsp3) is 0.946. The van der Waals surface area contributed by atoms with Gasteiger partial charge in [-0.05, 0) is 31.1 Å². The molecule has 368 valence electrons. The average molecular weight is 877 g/mol. The van der Waals surface area contributed by atoms with E-state index in [0.29, 0.717) is 19.3 Å². The lowest BCUT2D eigenvalue weighted by molar-refractivity contribution is -0.167. The molecule has 0 bridgehead atoms. The van der Waals surface area contributed by atoms with Gasteiger partial charge in [-0.1, -0.05) is 272 Å². The Bertz CT molecular complexity index is 949. The molecule has 0 aliphatic rings. The van der Waals surface area contributed by atoms with E-state index in [-0.39, 0.29) is 31.1 Å². The normalized spacial score (nSPS) is 12.5. The van der Waals surface area contributed by atoms with Crippen molar-refractivity contribution < 1.29 is 28.6 Å². The lowest BCUT2D eigenvalue weighted by Crippen LogP contribution is -2.30. The first-order valence-corrected chi connectivity index (χ1v) is 27.8. The molecule has 0 heterocycles. The molecule has 6 nitrogen and oxygen atoms in total. The number of ether oxygens (including phenoxy) is 3. The summed E-state index contributed by atoms with van der Waals surface area (Å²) in [5.74, 6) is 0.813. The summed E-state index contributed by atoms with van der Waals surface area (Å²) in [5.41, 5.74) is 0. The highest BCUT2D eigenvalue weighted by Gasteiger charge is 2.19. The molecule has 62 heavy (non-hydrogen) atoms. The van der Waals surface area contributed by atoms with Crippen molar-refractivity contribution in [3.8, 4) is 0 Å². The lowest BCUT2D eigenvalue weighted by Gasteiger charge is -2.18. The minimum atomic E-state index is -0.763. The van der Waals surface area contributed by atoms with Crippen molar-refractivity contribution in [3.05, 3.63) is 0 Å². The van der Waals surface area contributed by atoms with Crippen LogP contribution in [0.3, 0.4) is 0 Å². The molecule has 2 atom stereocenters. The van der Waals surface area contributed by atoms with E-state index in [4.69, 9.17) is 14.2 Å². The molecule has 0 aliphatic carbocycles. The predicted octanol–water partition coefficient (Wildman–Crippen LogP) is 18.1. The third-order valence-electron chi connectivity index (χ3n) is 13.1. The van der Waals surface area contributed by atoms with Crippen LogP contribution in [-0.2, 0) is 28.6 Å². The first kappa shape index (κ1) is 60.4. The predicted molar refractivity (Wildman–Crippen MR) is 266 cm³/mol. The highest BCUT2D eigenvalue weighted by molar-refractivity contribution is 5.71. The van der Waals surface area contributed by atoms with Crippen molar-refractivity contribution in [2.75, 3.05) is 13.2 Å². The zero-order valence-electron chi connectivity index (χ0n) is 42.5. The average Bonchev–Trinajstić information content (AvgIpc) is 3.26. The number of carbonyl (C=O) groups excluding carboxylic acids is 3. The maximum Gasteiger partial charge on any atom is 0.306 e. The van der Waals surface area contributed by atoms with Crippen LogP contribution < -0.4 is 0 Å². The van der Waals surface area contributed by atoms with E-state index >= 15 is 0 Å². The van der Waals surface area contributed by atoms with Gasteiger partial charge in [0.2, 0.25) is 0 Å². The van der Waals surface area contributed by atoms with Crippen molar-refractivity contribution in [2.24, 2.45) is 11.8 Å². The standard InChI is InChI=1S/C56H108O6/c1-6-8-9-10-11-12-13-14-15-16-17-22-25-28-31-38-43-48-56(59)62-53(50-61-55(58)47-42-37-33-32-35-40-45-52(5)7-2)49-60-54(57)46-41-36-30-27-24-21-19-18-20-23-26-29-34-39-44-51(3)4/h51-53H,6-50H2,1-5H3/t52?,53-/m1/s1. The topological polar surface area (TPSA) is 78.9 Å². The third-order valence-corrected chi connectivity index (χ3v) is 13.1. The van der Waals surface area contributed by atoms with Gasteiger partial charge < -0.3 is 14.2 Å². The Morgan fingerprint density at radius 1 is 0.339 bits per heavy atom. The van der Waals surface area contributed by atoms with Gasteiger partial charge in [-0.3, -0.25) is 14.4 Å². The second-order valence-corrected chi connectivity index (χ2v) is 19.9. The summed E-state index contributed by atoms with van der Waals surface area (Å²) in [6.45, 7) is 11.4. The second-order valence-electron chi connectivity index (χ2n) is 19.9. The Hall–Kier alpha value is -1.59. The molecular formula is C56H108O6. The molecule has 0 rings (SSSR count). The summed E-state index contributed by atoms with van der Waals surface area (Å²) in [7, 11) is 0. The van der Waals surface area contributed by atoms with Gasteiger partial charge >= 0.3 is 17.9 Å². The highest BCUT2D eigenvalue weighted by atomic mass is 16.6. The van der Waals surface area contributed by atoms with Gasteiger partial charge in [-0.15, -0.1) is 0 Å². The summed E-state index contributed by atoms with van der Waals surface area (Å²) < 4.78 is 16.8. The van der Waals surface area contributed by atoms with Crippen LogP contribution >= 0.6 is 0 Å². The van der Waals surface area contributed by atoms with E-state index in [9.17, 15) is 14.4 Å². The Morgan fingerprint density at radius 2 is 0.613 bits per heavy atom. The molecule has 6 heteroatoms. The maximum absolute atomic E-state index is 12.8. The van der Waals surface area contributed by atoms with E-state index in [1.807, 2.05) is 0 Å². The van der Waals surface area contributed by atoms with Crippen molar-refractivity contribution >= 4 is 17.9 Å². The number of rotatable bonds is 50. The van der Waals surface area contributed by atoms with E-state index in [2.05, 4.69) is 34.6 Å². The number of unbranched alkanes of at least 4 members (excludes halogenated alkanes) is 34. The molecular weight excluding hydrogens is 769 g/mol. The smallest absolute Gasteiger partial charge is 0.306 e. The summed E-state index contributed by atoms with van der Waals surface area (Å²) >= 11 is 0. The van der Waals surface area contributed by atoms with Crippen LogP contribution in [-0.4, -0.2) is 37.2 Å². The molecule has 0 radical (unpaired) electrons. The Kier molecular flexibility index (Phi) is 47.6. The monoisotopic (exact) mass is 877 g/mol. The molecule has 0 amide bonds. The van der Waals surface area contributed by atoms with E-state index in [1.165, 1.54) is 199 Å². The minimum absolute atomic E-state index is 0.0638. The number of esters is 3. The molecule has 0 aliphatic heterocycles. The summed E-state index contributed by atoms with van der Waals surface area (Å²) in [6.07, 6.45) is 50.9. The largest absolute Gasteiger partial charge is 0.462 e. The molecule has 0 fully saturated rings. The highest BCUT2D eigenvalue weighted by Crippen LogP contribution is 2.18. The summed E-state index contributed by atoms with van der Waals surface area (Å²) in [4.78, 5) is 38.0. The SMILES string of the molecule is CCCCCCCCCCCCCCCCCCCC(=O)O[C@H](COC(=O)CCCCCCCCCCCCCCCCC(C)C)COC(=O)CCCCCCCCC(C)CC. The fourth-order valence-electron chi connectivity index (χ4n) is 8.49. The molecule has 0 aromatic heterocycles. The van der Waals surface area contributed by atoms with Gasteiger partial charge in [0.05, 0.1) is 0 Å². The molecule has 0 saturated heterocycles. The molecule has 0 aromatic rings. The lowest BCUT2D eigenvalue weighted by atomic mass is 10.00. The van der Waals surface area contributed by atoms with Crippen molar-refractivity contribution in [3.63, 3.8) is 0 Å². The van der Waals surface area contributed by atoms with Crippen LogP contribution in [0.1, 0.15) is 311 Å².